The van der Waals surface area contributed by atoms with Gasteiger partial charge in [0.05, 0.1) is 11.1 Å². The monoisotopic (exact) mass is 492 g/mol. The number of carbonyl (C=O) groups excluding carboxylic acids is 1. The highest BCUT2D eigenvalue weighted by Crippen LogP contribution is 2.66. The van der Waals surface area contributed by atoms with Gasteiger partial charge in [-0.3, -0.25) is 14.0 Å². The highest BCUT2D eigenvalue weighted by atomic mass is 79.9. The van der Waals surface area contributed by atoms with Gasteiger partial charge in [-0.2, -0.15) is 0 Å². The van der Waals surface area contributed by atoms with E-state index in [9.17, 15) is 9.59 Å². The zero-order valence-corrected chi connectivity index (χ0v) is 19.4. The minimum Gasteiger partial charge on any atom is -0.459 e. The van der Waals surface area contributed by atoms with Gasteiger partial charge in [0.15, 0.2) is 0 Å². The molecule has 2 heterocycles. The molecule has 2 aromatic heterocycles. The number of rotatable bonds is 4. The second kappa shape index (κ2) is 7.27. The van der Waals surface area contributed by atoms with E-state index in [0.29, 0.717) is 23.2 Å². The maximum Gasteiger partial charge on any atom is 0.312 e. The Bertz CT molecular complexity index is 1260. The summed E-state index contributed by atoms with van der Waals surface area (Å²) in [5.41, 5.74) is 1.92. The predicted molar refractivity (Wildman–Crippen MR) is 124 cm³/mol. The molecule has 4 bridgehead atoms. The van der Waals surface area contributed by atoms with Crippen molar-refractivity contribution in [2.24, 2.45) is 17.3 Å². The summed E-state index contributed by atoms with van der Waals surface area (Å²) in [6.45, 7) is 0.0378. The van der Waals surface area contributed by atoms with Crippen molar-refractivity contribution in [1.29, 1.82) is 0 Å². The number of fused-ring (bicyclic) bond motifs is 1. The van der Waals surface area contributed by atoms with Gasteiger partial charge < -0.3 is 4.74 Å². The number of hydrogen-bond donors (Lipinski definition) is 0. The Morgan fingerprint density at radius 1 is 1.09 bits per heavy atom. The standard InChI is InChI=1S/C26H25BrN2O3/c27-20-6-7-22-28-21(9-23(30)29(22)14-20)15-32-24(31)26-12-17-8-18(13-26)11-25(10-17,16-26)19-4-2-1-3-5-19/h1-7,9,14,17-18H,8,10-13,15-16H2/t17-,18+,25?,26?. The summed E-state index contributed by atoms with van der Waals surface area (Å²) in [7, 11) is 0. The lowest BCUT2D eigenvalue weighted by molar-refractivity contribution is -0.175. The summed E-state index contributed by atoms with van der Waals surface area (Å²) in [5.74, 6) is 1.07. The molecule has 5 nitrogen and oxygen atoms in total. The highest BCUT2D eigenvalue weighted by Gasteiger charge is 2.61. The number of ether oxygens (including phenoxy) is 1. The maximum absolute atomic E-state index is 13.5. The Kier molecular flexibility index (Phi) is 4.58. The summed E-state index contributed by atoms with van der Waals surface area (Å²) in [4.78, 5) is 30.5. The second-order valence-electron chi connectivity index (χ2n) is 10.1. The second-order valence-corrected chi connectivity index (χ2v) is 11.0. The van der Waals surface area contributed by atoms with Gasteiger partial charge in [0.2, 0.25) is 0 Å². The van der Waals surface area contributed by atoms with Gasteiger partial charge in [-0.1, -0.05) is 30.3 Å². The molecule has 0 saturated heterocycles. The topological polar surface area (TPSA) is 60.7 Å². The van der Waals surface area contributed by atoms with Crippen LogP contribution in [-0.2, 0) is 21.6 Å². The van der Waals surface area contributed by atoms with Crippen LogP contribution in [-0.4, -0.2) is 15.4 Å². The van der Waals surface area contributed by atoms with Crippen molar-refractivity contribution >= 4 is 27.5 Å². The summed E-state index contributed by atoms with van der Waals surface area (Å²) < 4.78 is 8.15. The van der Waals surface area contributed by atoms with E-state index >= 15 is 0 Å². The number of pyridine rings is 1. The molecule has 3 aromatic rings. The molecule has 32 heavy (non-hydrogen) atoms. The quantitative estimate of drug-likeness (QED) is 0.478. The third-order valence-corrected chi connectivity index (χ3v) is 8.38. The molecule has 4 atom stereocenters. The molecule has 0 amide bonds. The molecule has 0 N–H and O–H groups in total. The van der Waals surface area contributed by atoms with Crippen LogP contribution >= 0.6 is 15.9 Å². The van der Waals surface area contributed by atoms with Crippen LogP contribution in [0.5, 0.6) is 0 Å². The molecule has 4 aliphatic rings. The van der Waals surface area contributed by atoms with Crippen LogP contribution in [0.25, 0.3) is 5.65 Å². The number of halogens is 1. The van der Waals surface area contributed by atoms with Crippen LogP contribution in [0.4, 0.5) is 0 Å². The van der Waals surface area contributed by atoms with Gasteiger partial charge >= 0.3 is 5.97 Å². The first-order valence-corrected chi connectivity index (χ1v) is 12.1. The van der Waals surface area contributed by atoms with Crippen LogP contribution in [0, 0.1) is 17.3 Å². The van der Waals surface area contributed by atoms with Crippen molar-refractivity contribution in [1.82, 2.24) is 9.38 Å². The summed E-state index contributed by atoms with van der Waals surface area (Å²) >= 11 is 3.38. The Balaban J connectivity index is 1.26. The first-order valence-electron chi connectivity index (χ1n) is 11.4. The average Bonchev–Trinajstić information content (AvgIpc) is 2.78. The van der Waals surface area contributed by atoms with Crippen LogP contribution in [0.1, 0.15) is 49.8 Å². The van der Waals surface area contributed by atoms with Gasteiger partial charge in [0.25, 0.3) is 5.56 Å². The molecular formula is C26H25BrN2O3. The van der Waals surface area contributed by atoms with Crippen molar-refractivity contribution in [3.63, 3.8) is 0 Å². The molecule has 4 saturated carbocycles. The molecule has 164 valence electrons. The predicted octanol–water partition coefficient (Wildman–Crippen LogP) is 5.04. The molecule has 1 aromatic carbocycles. The number of aromatic nitrogens is 2. The SMILES string of the molecule is O=C(OCc1cc(=O)n2cc(Br)ccc2n1)C12C[C@H]3C[C@@H](C1)CC(c1ccccc1)(C3)C2. The molecule has 0 spiro atoms. The first kappa shape index (κ1) is 20.2. The lowest BCUT2D eigenvalue weighted by atomic mass is 9.43. The zero-order valence-electron chi connectivity index (χ0n) is 17.8. The van der Waals surface area contributed by atoms with Crippen LogP contribution in [0.2, 0.25) is 0 Å². The van der Waals surface area contributed by atoms with Crippen molar-refractivity contribution in [2.45, 2.75) is 50.5 Å². The number of carbonyl (C=O) groups is 1. The van der Waals surface area contributed by atoms with Crippen LogP contribution in [0.3, 0.4) is 0 Å². The fourth-order valence-corrected chi connectivity index (χ4v) is 7.46. The van der Waals surface area contributed by atoms with E-state index in [4.69, 9.17) is 4.74 Å². The molecular weight excluding hydrogens is 468 g/mol. The zero-order chi connectivity index (χ0) is 21.9. The van der Waals surface area contributed by atoms with E-state index < -0.39 is 5.41 Å². The Morgan fingerprint density at radius 2 is 1.84 bits per heavy atom. The minimum atomic E-state index is -0.406. The number of benzene rings is 1. The molecule has 7 rings (SSSR count). The lowest BCUT2D eigenvalue weighted by Crippen LogP contribution is -2.57. The number of nitrogens with zero attached hydrogens (tertiary/aromatic N) is 2. The average molecular weight is 493 g/mol. The Labute approximate surface area is 195 Å². The van der Waals surface area contributed by atoms with Gasteiger partial charge in [0, 0.05) is 16.7 Å². The summed E-state index contributed by atoms with van der Waals surface area (Å²) in [5, 5.41) is 0. The maximum atomic E-state index is 13.5. The summed E-state index contributed by atoms with van der Waals surface area (Å²) in [6, 6.07) is 15.8. The van der Waals surface area contributed by atoms with Gasteiger partial charge in [-0.25, -0.2) is 4.98 Å². The van der Waals surface area contributed by atoms with Crippen molar-refractivity contribution in [3.05, 3.63) is 80.8 Å². The Morgan fingerprint density at radius 3 is 2.59 bits per heavy atom. The smallest absolute Gasteiger partial charge is 0.312 e. The fraction of sp³-hybridized carbons (Fsp3) is 0.423. The van der Waals surface area contributed by atoms with E-state index in [1.54, 1.807) is 12.3 Å². The number of esters is 1. The molecule has 0 aliphatic heterocycles. The normalized spacial score (nSPS) is 30.5. The van der Waals surface area contributed by atoms with Crippen LogP contribution < -0.4 is 5.56 Å². The third kappa shape index (κ3) is 3.22. The lowest BCUT2D eigenvalue weighted by Gasteiger charge is -2.61. The molecule has 6 heteroatoms. The van der Waals surface area contributed by atoms with Gasteiger partial charge in [-0.15, -0.1) is 0 Å². The van der Waals surface area contributed by atoms with E-state index in [2.05, 4.69) is 51.2 Å². The van der Waals surface area contributed by atoms with Crippen molar-refractivity contribution in [3.8, 4) is 0 Å². The fourth-order valence-electron chi connectivity index (χ4n) is 7.12. The number of hydrogen-bond acceptors (Lipinski definition) is 4. The molecule has 4 aliphatic carbocycles. The summed E-state index contributed by atoms with van der Waals surface area (Å²) in [6.07, 6.45) is 8.03. The van der Waals surface area contributed by atoms with E-state index in [0.717, 1.165) is 23.7 Å². The van der Waals surface area contributed by atoms with E-state index in [1.165, 1.54) is 35.3 Å². The molecule has 4 fully saturated rings. The van der Waals surface area contributed by atoms with Crippen molar-refractivity contribution < 1.29 is 9.53 Å². The Hall–Kier alpha value is -2.47. The van der Waals surface area contributed by atoms with Gasteiger partial charge in [-0.05, 0) is 89.4 Å². The molecule has 2 unspecified atom stereocenters. The van der Waals surface area contributed by atoms with E-state index in [1.807, 2.05) is 6.07 Å². The third-order valence-electron chi connectivity index (χ3n) is 7.91. The first-order chi connectivity index (χ1) is 15.4. The highest BCUT2D eigenvalue weighted by molar-refractivity contribution is 9.10. The molecule has 0 radical (unpaired) electrons. The van der Waals surface area contributed by atoms with E-state index in [-0.39, 0.29) is 23.6 Å². The van der Waals surface area contributed by atoms with Crippen molar-refractivity contribution in [2.75, 3.05) is 0 Å². The minimum absolute atomic E-state index is 0.0378. The largest absolute Gasteiger partial charge is 0.459 e. The van der Waals surface area contributed by atoms with Crippen LogP contribution in [0.15, 0.2) is 64.0 Å². The van der Waals surface area contributed by atoms with Gasteiger partial charge in [0.1, 0.15) is 12.3 Å².